The molecule has 0 spiro atoms. The summed E-state index contributed by atoms with van der Waals surface area (Å²) in [5.74, 6) is -0.440. The molecule has 0 aromatic carbocycles. The molecule has 2 rings (SSSR count). The van der Waals surface area contributed by atoms with Gasteiger partial charge in [-0.1, -0.05) is 12.8 Å². The van der Waals surface area contributed by atoms with Crippen LogP contribution in [0.15, 0.2) is 18.3 Å². The van der Waals surface area contributed by atoms with Gasteiger partial charge in [-0.05, 0) is 31.4 Å². The van der Waals surface area contributed by atoms with Crippen molar-refractivity contribution in [1.82, 2.24) is 10.3 Å². The first-order valence-electron chi connectivity index (χ1n) is 6.32. The molecule has 0 saturated heterocycles. The Bertz CT molecular complexity index is 486. The van der Waals surface area contributed by atoms with E-state index >= 15 is 0 Å². The average Bonchev–Trinajstić information content (AvgIpc) is 3.12. The highest BCUT2D eigenvalue weighted by molar-refractivity contribution is 5.98. The second-order valence-corrected chi connectivity index (χ2v) is 4.88. The quantitative estimate of drug-likeness (QED) is 0.758. The third-order valence-corrected chi connectivity index (χ3v) is 3.02. The fourth-order valence-corrected chi connectivity index (χ4v) is 1.97. The third kappa shape index (κ3) is 3.94. The summed E-state index contributed by atoms with van der Waals surface area (Å²) in [6.45, 7) is 1.94. The van der Waals surface area contributed by atoms with Gasteiger partial charge in [0.05, 0.1) is 5.69 Å². The number of urea groups is 1. The molecule has 2 amide bonds. The number of aromatic nitrogens is 1. The summed E-state index contributed by atoms with van der Waals surface area (Å²) in [5.41, 5.74) is 0.0404. The Kier molecular flexibility index (Phi) is 3.99. The van der Waals surface area contributed by atoms with E-state index in [1.165, 1.54) is 25.1 Å². The second kappa shape index (κ2) is 5.69. The molecule has 1 atom stereocenters. The van der Waals surface area contributed by atoms with Crippen molar-refractivity contribution < 1.29 is 14.7 Å². The van der Waals surface area contributed by atoms with E-state index in [2.05, 4.69) is 15.6 Å². The Labute approximate surface area is 111 Å². The maximum atomic E-state index is 11.8. The van der Waals surface area contributed by atoms with Crippen LogP contribution in [-0.2, 0) is 0 Å². The molecule has 0 aliphatic heterocycles. The molecule has 1 heterocycles. The van der Waals surface area contributed by atoms with Crippen LogP contribution in [0.1, 0.15) is 36.7 Å². The summed E-state index contributed by atoms with van der Waals surface area (Å²) in [4.78, 5) is 26.4. The summed E-state index contributed by atoms with van der Waals surface area (Å²) in [6, 6.07) is 2.78. The largest absolute Gasteiger partial charge is 0.476 e. The normalized spacial score (nSPS) is 15.6. The molecule has 0 radical (unpaired) electrons. The van der Waals surface area contributed by atoms with Crippen molar-refractivity contribution in [3.05, 3.63) is 24.0 Å². The number of carbonyl (C=O) groups excluding carboxylic acids is 1. The highest BCUT2D eigenvalue weighted by Gasteiger charge is 2.24. The number of rotatable bonds is 5. The molecular formula is C13H17N3O3. The molecule has 3 N–H and O–H groups in total. The zero-order valence-electron chi connectivity index (χ0n) is 10.7. The van der Waals surface area contributed by atoms with Crippen LogP contribution < -0.4 is 10.6 Å². The van der Waals surface area contributed by atoms with Crippen LogP contribution in [0.25, 0.3) is 0 Å². The lowest BCUT2D eigenvalue weighted by molar-refractivity contribution is 0.0692. The molecule has 1 aromatic heterocycles. The summed E-state index contributed by atoms with van der Waals surface area (Å²) < 4.78 is 0. The monoisotopic (exact) mass is 263 g/mol. The topological polar surface area (TPSA) is 91.3 Å². The Hall–Kier alpha value is -2.11. The number of hydrogen-bond donors (Lipinski definition) is 3. The number of carboxylic acids is 1. The maximum Gasteiger partial charge on any atom is 0.356 e. The van der Waals surface area contributed by atoms with E-state index in [0.717, 1.165) is 12.3 Å². The van der Waals surface area contributed by atoms with E-state index in [-0.39, 0.29) is 17.4 Å². The van der Waals surface area contributed by atoms with Gasteiger partial charge in [0.2, 0.25) is 0 Å². The van der Waals surface area contributed by atoms with Gasteiger partial charge < -0.3 is 15.7 Å². The molecule has 1 aromatic rings. The molecule has 1 saturated carbocycles. The molecule has 1 aliphatic carbocycles. The van der Waals surface area contributed by atoms with Crippen molar-refractivity contribution in [1.29, 1.82) is 0 Å². The number of hydrogen-bond acceptors (Lipinski definition) is 3. The first-order valence-corrected chi connectivity index (χ1v) is 6.32. The van der Waals surface area contributed by atoms with E-state index in [9.17, 15) is 9.59 Å². The Morgan fingerprint density at radius 3 is 2.89 bits per heavy atom. The zero-order valence-corrected chi connectivity index (χ0v) is 10.7. The second-order valence-electron chi connectivity index (χ2n) is 4.88. The van der Waals surface area contributed by atoms with Crippen LogP contribution >= 0.6 is 0 Å². The number of carboxylic acid groups (broad SMARTS) is 1. The van der Waals surface area contributed by atoms with Crippen molar-refractivity contribution in [2.75, 3.05) is 5.32 Å². The number of nitrogens with zero attached hydrogens (tertiary/aromatic N) is 1. The van der Waals surface area contributed by atoms with Gasteiger partial charge in [0.15, 0.2) is 5.69 Å². The fourth-order valence-electron chi connectivity index (χ4n) is 1.97. The van der Waals surface area contributed by atoms with Gasteiger partial charge in [-0.2, -0.15) is 0 Å². The van der Waals surface area contributed by atoms with Gasteiger partial charge in [-0.15, -0.1) is 0 Å². The molecule has 1 unspecified atom stereocenters. The first kappa shape index (κ1) is 13.3. The molecule has 1 aliphatic rings. The van der Waals surface area contributed by atoms with E-state index in [1.807, 2.05) is 6.92 Å². The lowest BCUT2D eigenvalue weighted by Gasteiger charge is -2.14. The first-order chi connectivity index (χ1) is 9.06. The van der Waals surface area contributed by atoms with E-state index in [0.29, 0.717) is 0 Å². The van der Waals surface area contributed by atoms with Gasteiger partial charge in [-0.25, -0.2) is 14.6 Å². The Morgan fingerprint density at radius 2 is 2.26 bits per heavy atom. The highest BCUT2D eigenvalue weighted by Crippen LogP contribution is 2.33. The number of anilines is 1. The van der Waals surface area contributed by atoms with E-state index in [1.54, 1.807) is 6.07 Å². The fraction of sp³-hybridized carbons (Fsp3) is 0.462. The highest BCUT2D eigenvalue weighted by atomic mass is 16.4. The lowest BCUT2D eigenvalue weighted by Crippen LogP contribution is -2.36. The van der Waals surface area contributed by atoms with Crippen molar-refractivity contribution in [3.63, 3.8) is 0 Å². The van der Waals surface area contributed by atoms with Gasteiger partial charge in [0.1, 0.15) is 0 Å². The molecule has 0 bridgehead atoms. The Balaban J connectivity index is 1.92. The average molecular weight is 263 g/mol. The molecule has 6 nitrogen and oxygen atoms in total. The molecule has 102 valence electrons. The van der Waals surface area contributed by atoms with Crippen LogP contribution in [0.5, 0.6) is 0 Å². The van der Waals surface area contributed by atoms with Crippen molar-refractivity contribution >= 4 is 17.7 Å². The minimum Gasteiger partial charge on any atom is -0.476 e. The molecule has 6 heteroatoms. The summed E-state index contributed by atoms with van der Waals surface area (Å²) >= 11 is 0. The van der Waals surface area contributed by atoms with E-state index in [4.69, 9.17) is 5.11 Å². The summed E-state index contributed by atoms with van der Waals surface area (Å²) in [6.07, 6.45) is 4.81. The molecular weight excluding hydrogens is 246 g/mol. The minimum absolute atomic E-state index is 0.0810. The van der Waals surface area contributed by atoms with Crippen molar-refractivity contribution in [3.8, 4) is 0 Å². The smallest absolute Gasteiger partial charge is 0.356 e. The van der Waals surface area contributed by atoms with Crippen molar-refractivity contribution in [2.45, 2.75) is 32.2 Å². The summed E-state index contributed by atoms with van der Waals surface area (Å²) in [7, 11) is 0. The number of pyridine rings is 1. The van der Waals surface area contributed by atoms with Gasteiger partial charge in [0.25, 0.3) is 0 Å². The Morgan fingerprint density at radius 1 is 1.53 bits per heavy atom. The third-order valence-electron chi connectivity index (χ3n) is 3.02. The van der Waals surface area contributed by atoms with E-state index < -0.39 is 12.0 Å². The minimum atomic E-state index is -1.16. The number of aromatic carboxylic acids is 1. The standard InChI is InChI=1S/C13H17N3O3/c1-8(7-9-4-5-9)15-13(19)16-10-3-2-6-14-11(10)12(17)18/h2-3,6,8-9H,4-5,7H2,1H3,(H,17,18)(H2,15,16,19). The number of amides is 2. The van der Waals surface area contributed by atoms with Gasteiger partial charge in [0, 0.05) is 12.2 Å². The van der Waals surface area contributed by atoms with Gasteiger partial charge in [-0.3, -0.25) is 0 Å². The summed E-state index contributed by atoms with van der Waals surface area (Å²) in [5, 5.41) is 14.3. The number of nitrogens with one attached hydrogen (secondary N) is 2. The molecule has 1 fully saturated rings. The van der Waals surface area contributed by atoms with Crippen molar-refractivity contribution in [2.24, 2.45) is 5.92 Å². The van der Waals surface area contributed by atoms with Crippen LogP contribution in [-0.4, -0.2) is 28.1 Å². The predicted molar refractivity (Wildman–Crippen MR) is 70.2 cm³/mol. The molecule has 19 heavy (non-hydrogen) atoms. The maximum absolute atomic E-state index is 11.8. The van der Waals surface area contributed by atoms with Crippen LogP contribution in [0.2, 0.25) is 0 Å². The predicted octanol–water partition coefficient (Wildman–Crippen LogP) is 2.09. The van der Waals surface area contributed by atoms with Crippen LogP contribution in [0.4, 0.5) is 10.5 Å². The van der Waals surface area contributed by atoms with Crippen LogP contribution in [0, 0.1) is 5.92 Å². The SMILES string of the molecule is CC(CC1CC1)NC(=O)Nc1cccnc1C(=O)O. The number of carbonyl (C=O) groups is 2. The zero-order chi connectivity index (χ0) is 13.8. The lowest BCUT2D eigenvalue weighted by atomic mass is 10.2. The van der Waals surface area contributed by atoms with Gasteiger partial charge >= 0.3 is 12.0 Å². The van der Waals surface area contributed by atoms with Crippen LogP contribution in [0.3, 0.4) is 0 Å².